The molecule has 0 atom stereocenters. The first-order valence-electron chi connectivity index (χ1n) is 6.70. The lowest BCUT2D eigenvalue weighted by molar-refractivity contribution is 0.102. The van der Waals surface area contributed by atoms with E-state index in [0.29, 0.717) is 23.5 Å². The first-order chi connectivity index (χ1) is 10.7. The Bertz CT molecular complexity index is 786. The van der Waals surface area contributed by atoms with Gasteiger partial charge in [0.25, 0.3) is 5.91 Å². The highest BCUT2D eigenvalue weighted by Gasteiger charge is 2.08. The number of carbonyl (C=O) groups is 1. The van der Waals surface area contributed by atoms with E-state index in [2.05, 4.69) is 15.4 Å². The highest BCUT2D eigenvalue weighted by molar-refractivity contribution is 6.03. The number of hydrogen-bond acceptors (Lipinski definition) is 3. The Morgan fingerprint density at radius 3 is 2.82 bits per heavy atom. The van der Waals surface area contributed by atoms with Crippen molar-refractivity contribution >= 4 is 11.7 Å². The predicted octanol–water partition coefficient (Wildman–Crippen LogP) is 2.72. The Labute approximate surface area is 126 Å². The first kappa shape index (κ1) is 13.9. The molecule has 0 fully saturated rings. The molecule has 1 N–H and O–H groups in total. The molecule has 0 radical (unpaired) electrons. The SMILES string of the molecule is O=C(Nc1ccn(Cc2ccccc2F)n1)c1cccnc1. The standard InChI is InChI=1S/C16H13FN4O/c17-14-6-2-1-4-13(14)11-21-9-7-15(20-21)19-16(22)12-5-3-8-18-10-12/h1-10H,11H2,(H,19,20,22). The molecule has 6 heteroatoms. The molecule has 0 aliphatic carbocycles. The molecule has 110 valence electrons. The Hall–Kier alpha value is -3.02. The number of hydrogen-bond donors (Lipinski definition) is 1. The molecular formula is C16H13FN4O. The fourth-order valence-corrected chi connectivity index (χ4v) is 2.00. The van der Waals surface area contributed by atoms with E-state index in [-0.39, 0.29) is 11.7 Å². The van der Waals surface area contributed by atoms with Gasteiger partial charge in [-0.15, -0.1) is 0 Å². The number of rotatable bonds is 4. The van der Waals surface area contributed by atoms with Gasteiger partial charge in [-0.25, -0.2) is 4.39 Å². The van der Waals surface area contributed by atoms with Crippen LogP contribution in [0.15, 0.2) is 61.1 Å². The van der Waals surface area contributed by atoms with E-state index in [4.69, 9.17) is 0 Å². The van der Waals surface area contributed by atoms with Gasteiger partial charge in [0.05, 0.1) is 12.1 Å². The summed E-state index contributed by atoms with van der Waals surface area (Å²) in [6, 6.07) is 11.5. The van der Waals surface area contributed by atoms with Crippen LogP contribution in [0.5, 0.6) is 0 Å². The molecule has 3 aromatic rings. The minimum Gasteiger partial charge on any atom is -0.305 e. The molecule has 0 saturated heterocycles. The van der Waals surface area contributed by atoms with Crippen LogP contribution in [0.4, 0.5) is 10.2 Å². The lowest BCUT2D eigenvalue weighted by Gasteiger charge is -2.04. The molecule has 0 aliphatic heterocycles. The summed E-state index contributed by atoms with van der Waals surface area (Å²) in [7, 11) is 0. The van der Waals surface area contributed by atoms with Gasteiger partial charge >= 0.3 is 0 Å². The van der Waals surface area contributed by atoms with Gasteiger partial charge in [0.2, 0.25) is 0 Å². The van der Waals surface area contributed by atoms with Crippen LogP contribution in [-0.2, 0) is 6.54 Å². The molecule has 2 heterocycles. The molecule has 22 heavy (non-hydrogen) atoms. The van der Waals surface area contributed by atoms with Crippen molar-refractivity contribution in [1.82, 2.24) is 14.8 Å². The van der Waals surface area contributed by atoms with Gasteiger partial charge in [-0.3, -0.25) is 14.5 Å². The summed E-state index contributed by atoms with van der Waals surface area (Å²) in [5.74, 6) is -0.159. The Morgan fingerprint density at radius 1 is 1.18 bits per heavy atom. The molecule has 0 aliphatic rings. The predicted molar refractivity (Wildman–Crippen MR) is 79.9 cm³/mol. The van der Waals surface area contributed by atoms with Crippen molar-refractivity contribution in [1.29, 1.82) is 0 Å². The topological polar surface area (TPSA) is 59.8 Å². The number of benzene rings is 1. The van der Waals surface area contributed by atoms with Crippen LogP contribution in [-0.4, -0.2) is 20.7 Å². The van der Waals surface area contributed by atoms with E-state index in [1.54, 1.807) is 53.5 Å². The van der Waals surface area contributed by atoms with Gasteiger partial charge in [0.1, 0.15) is 5.82 Å². The van der Waals surface area contributed by atoms with Crippen LogP contribution in [0, 0.1) is 5.82 Å². The molecule has 0 saturated carbocycles. The summed E-state index contributed by atoms with van der Waals surface area (Å²) >= 11 is 0. The second-order valence-corrected chi connectivity index (χ2v) is 4.69. The second-order valence-electron chi connectivity index (χ2n) is 4.69. The number of carbonyl (C=O) groups excluding carboxylic acids is 1. The second kappa shape index (κ2) is 6.17. The molecular weight excluding hydrogens is 283 g/mol. The van der Waals surface area contributed by atoms with Gasteiger partial charge < -0.3 is 5.32 Å². The average molecular weight is 296 g/mol. The largest absolute Gasteiger partial charge is 0.305 e. The Kier molecular flexibility index (Phi) is 3.91. The van der Waals surface area contributed by atoms with Gasteiger partial charge in [0, 0.05) is 30.2 Å². The van der Waals surface area contributed by atoms with Crippen LogP contribution < -0.4 is 5.32 Å². The highest BCUT2D eigenvalue weighted by Crippen LogP contribution is 2.11. The molecule has 0 unspecified atom stereocenters. The fourth-order valence-electron chi connectivity index (χ4n) is 2.00. The van der Waals surface area contributed by atoms with E-state index in [1.165, 1.54) is 12.3 Å². The summed E-state index contributed by atoms with van der Waals surface area (Å²) < 4.78 is 15.2. The molecule has 1 aromatic carbocycles. The van der Waals surface area contributed by atoms with Crippen LogP contribution in [0.1, 0.15) is 15.9 Å². The molecule has 1 amide bonds. The smallest absolute Gasteiger partial charge is 0.258 e. The number of nitrogens with one attached hydrogen (secondary N) is 1. The lowest BCUT2D eigenvalue weighted by Crippen LogP contribution is -2.13. The van der Waals surface area contributed by atoms with E-state index in [1.807, 2.05) is 0 Å². The third kappa shape index (κ3) is 3.17. The number of amides is 1. The van der Waals surface area contributed by atoms with Crippen molar-refractivity contribution in [3.63, 3.8) is 0 Å². The normalized spacial score (nSPS) is 10.4. The Morgan fingerprint density at radius 2 is 2.05 bits per heavy atom. The zero-order valence-corrected chi connectivity index (χ0v) is 11.6. The van der Waals surface area contributed by atoms with Crippen molar-refractivity contribution in [3.05, 3.63) is 78.0 Å². The lowest BCUT2D eigenvalue weighted by atomic mass is 10.2. The molecule has 0 spiro atoms. The molecule has 0 bridgehead atoms. The quantitative estimate of drug-likeness (QED) is 0.805. The van der Waals surface area contributed by atoms with Crippen LogP contribution in [0.3, 0.4) is 0 Å². The Balaban J connectivity index is 1.69. The third-order valence-corrected chi connectivity index (χ3v) is 3.10. The van der Waals surface area contributed by atoms with Gasteiger partial charge in [0.15, 0.2) is 5.82 Å². The maximum atomic E-state index is 13.6. The van der Waals surface area contributed by atoms with E-state index >= 15 is 0 Å². The van der Waals surface area contributed by atoms with E-state index in [0.717, 1.165) is 0 Å². The molecule has 2 aromatic heterocycles. The van der Waals surface area contributed by atoms with Gasteiger partial charge in [-0.2, -0.15) is 5.10 Å². The van der Waals surface area contributed by atoms with Crippen molar-refractivity contribution < 1.29 is 9.18 Å². The average Bonchev–Trinajstić information content (AvgIpc) is 2.97. The number of pyridine rings is 1. The zero-order chi connectivity index (χ0) is 15.4. The number of halogens is 1. The summed E-state index contributed by atoms with van der Waals surface area (Å²) in [6.07, 6.45) is 4.76. The number of anilines is 1. The fraction of sp³-hybridized carbons (Fsp3) is 0.0625. The zero-order valence-electron chi connectivity index (χ0n) is 11.6. The summed E-state index contributed by atoms with van der Waals surface area (Å²) in [5, 5.41) is 6.88. The maximum Gasteiger partial charge on any atom is 0.258 e. The summed E-state index contributed by atoms with van der Waals surface area (Å²) in [6.45, 7) is 0.301. The van der Waals surface area contributed by atoms with Crippen molar-refractivity contribution in [2.45, 2.75) is 6.54 Å². The van der Waals surface area contributed by atoms with Gasteiger partial charge in [-0.05, 0) is 18.2 Å². The molecule has 3 rings (SSSR count). The van der Waals surface area contributed by atoms with Crippen molar-refractivity contribution in [2.24, 2.45) is 0 Å². The van der Waals surface area contributed by atoms with E-state index in [9.17, 15) is 9.18 Å². The third-order valence-electron chi connectivity index (χ3n) is 3.10. The van der Waals surface area contributed by atoms with E-state index < -0.39 is 0 Å². The van der Waals surface area contributed by atoms with Crippen molar-refractivity contribution in [3.8, 4) is 0 Å². The summed E-state index contributed by atoms with van der Waals surface area (Å²) in [4.78, 5) is 15.9. The highest BCUT2D eigenvalue weighted by atomic mass is 19.1. The minimum atomic E-state index is -0.288. The van der Waals surface area contributed by atoms with Gasteiger partial charge in [-0.1, -0.05) is 18.2 Å². The summed E-state index contributed by atoms with van der Waals surface area (Å²) in [5.41, 5.74) is 0.988. The number of aromatic nitrogens is 3. The number of nitrogens with zero attached hydrogens (tertiary/aromatic N) is 3. The van der Waals surface area contributed by atoms with Crippen LogP contribution in [0.25, 0.3) is 0 Å². The van der Waals surface area contributed by atoms with Crippen LogP contribution >= 0.6 is 0 Å². The monoisotopic (exact) mass is 296 g/mol. The van der Waals surface area contributed by atoms with Crippen LogP contribution in [0.2, 0.25) is 0 Å². The van der Waals surface area contributed by atoms with Crippen molar-refractivity contribution in [2.75, 3.05) is 5.32 Å². The first-order valence-corrected chi connectivity index (χ1v) is 6.70. The molecule has 5 nitrogen and oxygen atoms in total. The minimum absolute atomic E-state index is 0.279. The maximum absolute atomic E-state index is 13.6.